The molecular formula is C19H25N5O4S. The number of aromatic nitrogens is 2. The van der Waals surface area contributed by atoms with Crippen molar-refractivity contribution in [2.45, 2.75) is 20.3 Å². The van der Waals surface area contributed by atoms with E-state index in [9.17, 15) is 10.1 Å². The van der Waals surface area contributed by atoms with Crippen LogP contribution in [0.3, 0.4) is 0 Å². The summed E-state index contributed by atoms with van der Waals surface area (Å²) < 4.78 is 16.2. The van der Waals surface area contributed by atoms with Crippen LogP contribution in [-0.2, 0) is 16.0 Å². The van der Waals surface area contributed by atoms with Gasteiger partial charge in [-0.05, 0) is 25.5 Å². The molecule has 1 aromatic carbocycles. The maximum Gasteiger partial charge on any atom is 0.245 e. The first-order valence-electron chi connectivity index (χ1n) is 9.26. The second-order valence-corrected chi connectivity index (χ2v) is 6.88. The number of nitrogens with one attached hydrogen (secondary N) is 2. The van der Waals surface area contributed by atoms with E-state index in [0.29, 0.717) is 42.1 Å². The largest absolute Gasteiger partial charge is 0.493 e. The van der Waals surface area contributed by atoms with Gasteiger partial charge >= 0.3 is 0 Å². The summed E-state index contributed by atoms with van der Waals surface area (Å²) in [5.74, 6) is -0.181. The Kier molecular flexibility index (Phi) is 9.14. The van der Waals surface area contributed by atoms with Crippen molar-refractivity contribution in [1.29, 1.82) is 5.26 Å². The number of ether oxygens (including phenoxy) is 3. The molecule has 2 aromatic rings. The summed E-state index contributed by atoms with van der Waals surface area (Å²) in [6.07, 6.45) is 0.740. The van der Waals surface area contributed by atoms with Crippen molar-refractivity contribution in [3.8, 4) is 17.6 Å². The second kappa shape index (κ2) is 11.8. The highest BCUT2D eigenvalue weighted by Crippen LogP contribution is 2.30. The Labute approximate surface area is 174 Å². The van der Waals surface area contributed by atoms with Crippen molar-refractivity contribution >= 4 is 28.1 Å². The second-order valence-electron chi connectivity index (χ2n) is 5.82. The van der Waals surface area contributed by atoms with Crippen LogP contribution in [0.1, 0.15) is 18.9 Å². The molecule has 1 heterocycles. The smallest absolute Gasteiger partial charge is 0.245 e. The van der Waals surface area contributed by atoms with Crippen LogP contribution >= 0.6 is 11.3 Å². The molecule has 0 fully saturated rings. The predicted octanol–water partition coefficient (Wildman–Crippen LogP) is 2.71. The van der Waals surface area contributed by atoms with Crippen LogP contribution < -0.4 is 20.1 Å². The summed E-state index contributed by atoms with van der Waals surface area (Å²) in [5, 5.41) is 24.1. The number of hydrogen-bond donors (Lipinski definition) is 2. The van der Waals surface area contributed by atoms with Crippen LogP contribution in [0.5, 0.6) is 11.5 Å². The molecule has 0 spiro atoms. The molecule has 10 heteroatoms. The van der Waals surface area contributed by atoms with Crippen molar-refractivity contribution in [1.82, 2.24) is 10.2 Å². The number of carbonyl (C=O) groups is 1. The molecule has 1 unspecified atom stereocenters. The highest BCUT2D eigenvalue weighted by Gasteiger charge is 2.19. The van der Waals surface area contributed by atoms with Gasteiger partial charge in [-0.1, -0.05) is 18.3 Å². The van der Waals surface area contributed by atoms with Gasteiger partial charge in [-0.25, -0.2) is 0 Å². The monoisotopic (exact) mass is 419 g/mol. The molecule has 2 N–H and O–H groups in total. The van der Waals surface area contributed by atoms with Crippen LogP contribution in [0.2, 0.25) is 0 Å². The molecule has 156 valence electrons. The van der Waals surface area contributed by atoms with Crippen molar-refractivity contribution in [2.75, 3.05) is 44.1 Å². The van der Waals surface area contributed by atoms with E-state index in [0.717, 1.165) is 11.4 Å². The molecule has 1 aromatic heterocycles. The average Bonchev–Trinajstić information content (AvgIpc) is 3.19. The van der Waals surface area contributed by atoms with Gasteiger partial charge in [-0.3, -0.25) is 10.1 Å². The maximum atomic E-state index is 12.3. The van der Waals surface area contributed by atoms with Crippen LogP contribution in [0.25, 0.3) is 0 Å². The van der Waals surface area contributed by atoms with Gasteiger partial charge in [0.15, 0.2) is 11.5 Å². The lowest BCUT2D eigenvalue weighted by Crippen LogP contribution is -2.27. The minimum Gasteiger partial charge on any atom is -0.493 e. The highest BCUT2D eigenvalue weighted by molar-refractivity contribution is 7.15. The van der Waals surface area contributed by atoms with E-state index in [-0.39, 0.29) is 6.54 Å². The van der Waals surface area contributed by atoms with E-state index in [1.807, 2.05) is 19.9 Å². The Morgan fingerprint density at radius 3 is 2.76 bits per heavy atom. The fraction of sp³-hybridized carbons (Fsp3) is 0.474. The third-order valence-corrected chi connectivity index (χ3v) is 4.82. The minimum absolute atomic E-state index is 0.134. The molecule has 9 nitrogen and oxygen atoms in total. The number of amides is 1. The van der Waals surface area contributed by atoms with Gasteiger partial charge in [0.1, 0.15) is 17.5 Å². The Morgan fingerprint density at radius 2 is 2.10 bits per heavy atom. The van der Waals surface area contributed by atoms with Crippen LogP contribution in [0, 0.1) is 17.2 Å². The Morgan fingerprint density at radius 1 is 1.28 bits per heavy atom. The molecule has 0 aliphatic rings. The number of methoxy groups -OCH3 is 1. The summed E-state index contributed by atoms with van der Waals surface area (Å²) in [5.41, 5.74) is 0.705. The molecule has 0 bridgehead atoms. The number of carbonyl (C=O) groups excluding carboxylic acids is 1. The zero-order valence-electron chi connectivity index (χ0n) is 16.7. The van der Waals surface area contributed by atoms with Crippen LogP contribution in [0.4, 0.5) is 10.8 Å². The predicted molar refractivity (Wildman–Crippen MR) is 110 cm³/mol. The van der Waals surface area contributed by atoms with Crippen LogP contribution in [-0.4, -0.2) is 49.6 Å². The van der Waals surface area contributed by atoms with Crippen molar-refractivity contribution in [2.24, 2.45) is 5.92 Å². The zero-order valence-corrected chi connectivity index (χ0v) is 17.5. The number of benzene rings is 1. The number of hydrogen-bond acceptors (Lipinski definition) is 9. The third kappa shape index (κ3) is 6.89. The number of nitriles is 1. The number of anilines is 2. The third-order valence-electron chi connectivity index (χ3n) is 3.84. The van der Waals surface area contributed by atoms with Crippen LogP contribution in [0.15, 0.2) is 18.2 Å². The van der Waals surface area contributed by atoms with E-state index < -0.39 is 11.8 Å². The molecular weight excluding hydrogens is 394 g/mol. The van der Waals surface area contributed by atoms with Gasteiger partial charge in [0.25, 0.3) is 0 Å². The van der Waals surface area contributed by atoms with E-state index in [1.165, 1.54) is 11.3 Å². The van der Waals surface area contributed by atoms with Gasteiger partial charge in [-0.2, -0.15) is 5.26 Å². The SMILES string of the molecule is CCOCCOc1ccc(NCC(C#N)C(=O)Nc2nnc(CC)s2)cc1OC. The quantitative estimate of drug-likeness (QED) is 0.504. The topological polar surface area (TPSA) is 118 Å². The summed E-state index contributed by atoms with van der Waals surface area (Å²) in [6.45, 7) is 5.56. The highest BCUT2D eigenvalue weighted by atomic mass is 32.1. The van der Waals surface area contributed by atoms with Crippen molar-refractivity contribution in [3.05, 3.63) is 23.2 Å². The minimum atomic E-state index is -0.892. The molecule has 1 amide bonds. The number of rotatable bonds is 12. The van der Waals surface area contributed by atoms with Gasteiger partial charge in [0.2, 0.25) is 11.0 Å². The summed E-state index contributed by atoms with van der Waals surface area (Å²) in [7, 11) is 1.55. The zero-order chi connectivity index (χ0) is 21.1. The lowest BCUT2D eigenvalue weighted by molar-refractivity contribution is -0.118. The summed E-state index contributed by atoms with van der Waals surface area (Å²) in [4.78, 5) is 12.3. The average molecular weight is 420 g/mol. The van der Waals surface area contributed by atoms with Gasteiger partial charge in [0, 0.05) is 24.9 Å². The van der Waals surface area contributed by atoms with Gasteiger partial charge in [0.05, 0.1) is 19.8 Å². The lowest BCUT2D eigenvalue weighted by atomic mass is 10.1. The van der Waals surface area contributed by atoms with Crippen molar-refractivity contribution < 1.29 is 19.0 Å². The Hall–Kier alpha value is -2.90. The van der Waals surface area contributed by atoms with E-state index in [2.05, 4.69) is 20.8 Å². The first kappa shape index (κ1) is 22.4. The van der Waals surface area contributed by atoms with Gasteiger partial charge in [-0.15, -0.1) is 10.2 Å². The van der Waals surface area contributed by atoms with E-state index in [1.54, 1.807) is 25.3 Å². The first-order chi connectivity index (χ1) is 14.1. The molecule has 0 saturated heterocycles. The lowest BCUT2D eigenvalue weighted by Gasteiger charge is -2.14. The van der Waals surface area contributed by atoms with Crippen molar-refractivity contribution in [3.63, 3.8) is 0 Å². The first-order valence-corrected chi connectivity index (χ1v) is 10.1. The number of nitrogens with zero attached hydrogens (tertiary/aromatic N) is 3. The maximum absolute atomic E-state index is 12.3. The summed E-state index contributed by atoms with van der Waals surface area (Å²) >= 11 is 1.30. The Bertz CT molecular complexity index is 836. The molecule has 2 rings (SSSR count). The normalized spacial score (nSPS) is 11.4. The molecule has 0 aliphatic carbocycles. The molecule has 29 heavy (non-hydrogen) atoms. The van der Waals surface area contributed by atoms with E-state index >= 15 is 0 Å². The molecule has 0 saturated carbocycles. The Balaban J connectivity index is 1.92. The molecule has 0 radical (unpaired) electrons. The summed E-state index contributed by atoms with van der Waals surface area (Å²) in [6, 6.07) is 7.32. The molecule has 1 atom stereocenters. The fourth-order valence-corrected chi connectivity index (χ4v) is 2.99. The molecule has 0 aliphatic heterocycles. The standard InChI is InChI=1S/C19H25N5O4S/c1-4-17-23-24-19(29-17)22-18(25)13(11-20)12-21-14-6-7-15(16(10-14)26-3)28-9-8-27-5-2/h6-7,10,13,21H,4-5,8-9,12H2,1-3H3,(H,22,24,25). The van der Waals surface area contributed by atoms with E-state index in [4.69, 9.17) is 14.2 Å². The number of aryl methyl sites for hydroxylation is 1. The fourth-order valence-electron chi connectivity index (χ4n) is 2.31. The van der Waals surface area contributed by atoms with Gasteiger partial charge < -0.3 is 19.5 Å².